The van der Waals surface area contributed by atoms with Crippen molar-refractivity contribution in [1.29, 1.82) is 0 Å². The van der Waals surface area contributed by atoms with E-state index in [1.165, 1.54) is 5.56 Å². The van der Waals surface area contributed by atoms with Crippen LogP contribution in [0.2, 0.25) is 0 Å². The number of benzene rings is 3. The zero-order valence-corrected chi connectivity index (χ0v) is 12.7. The fourth-order valence-electron chi connectivity index (χ4n) is 2.88. The van der Waals surface area contributed by atoms with Gasteiger partial charge in [0.1, 0.15) is 6.34 Å². The van der Waals surface area contributed by atoms with Gasteiger partial charge in [-0.3, -0.25) is 0 Å². The Labute approximate surface area is 136 Å². The molecule has 0 saturated carbocycles. The maximum absolute atomic E-state index is 4.66. The minimum Gasteiger partial charge on any atom is -0.304 e. The van der Waals surface area contributed by atoms with Crippen LogP contribution in [0.1, 0.15) is 11.7 Å². The molecule has 23 heavy (non-hydrogen) atoms. The quantitative estimate of drug-likeness (QED) is 0.700. The van der Waals surface area contributed by atoms with Crippen molar-refractivity contribution in [2.75, 3.05) is 9.91 Å². The number of para-hydroxylation sites is 2. The lowest BCUT2D eigenvalue weighted by molar-refractivity contribution is 0.704. The van der Waals surface area contributed by atoms with E-state index < -0.39 is 0 Å². The molecule has 4 rings (SSSR count). The average Bonchev–Trinajstić information content (AvgIpc) is 3.09. The smallest absolute Gasteiger partial charge is 0.154 e. The van der Waals surface area contributed by atoms with E-state index in [-0.39, 0.29) is 6.17 Å². The summed E-state index contributed by atoms with van der Waals surface area (Å²) in [6.45, 7) is 0. The van der Waals surface area contributed by atoms with Crippen LogP contribution in [0.4, 0.5) is 11.4 Å². The third-order valence-corrected chi connectivity index (χ3v) is 3.97. The van der Waals surface area contributed by atoms with Crippen LogP contribution in [0.15, 0.2) is 96.1 Å². The van der Waals surface area contributed by atoms with Crippen LogP contribution in [-0.2, 0) is 0 Å². The summed E-state index contributed by atoms with van der Waals surface area (Å²) in [4.78, 5) is 2.20. The topological polar surface area (TPSA) is 18.8 Å². The average molecular weight is 299 g/mol. The van der Waals surface area contributed by atoms with Crippen LogP contribution >= 0.6 is 0 Å². The molecule has 0 aliphatic carbocycles. The van der Waals surface area contributed by atoms with Gasteiger partial charge in [0, 0.05) is 5.69 Å². The van der Waals surface area contributed by atoms with E-state index in [1.54, 1.807) is 0 Å². The molecule has 0 fully saturated rings. The molecule has 0 N–H and O–H groups in total. The Kier molecular flexibility index (Phi) is 3.53. The molecular weight excluding hydrogens is 282 g/mol. The summed E-state index contributed by atoms with van der Waals surface area (Å²) < 4.78 is 0. The van der Waals surface area contributed by atoms with E-state index in [4.69, 9.17) is 0 Å². The van der Waals surface area contributed by atoms with Crippen molar-refractivity contribution < 1.29 is 0 Å². The van der Waals surface area contributed by atoms with E-state index in [0.29, 0.717) is 0 Å². The van der Waals surface area contributed by atoms with Crippen LogP contribution < -0.4 is 9.91 Å². The number of hydrogen-bond donors (Lipinski definition) is 0. The third kappa shape index (κ3) is 2.57. The molecule has 0 radical (unpaired) electrons. The van der Waals surface area contributed by atoms with Gasteiger partial charge in [-0.25, -0.2) is 5.01 Å². The standard InChI is InChI=1S/C20H17N3/c1-4-10-17(11-5-1)20-22(18-12-6-2-7-13-18)16-21-23(20)19-14-8-3-9-15-19/h1-16,20H. The first-order valence-corrected chi connectivity index (χ1v) is 7.70. The predicted molar refractivity (Wildman–Crippen MR) is 95.5 cm³/mol. The van der Waals surface area contributed by atoms with Crippen molar-refractivity contribution in [2.45, 2.75) is 6.17 Å². The second-order valence-electron chi connectivity index (χ2n) is 5.44. The highest BCUT2D eigenvalue weighted by molar-refractivity contribution is 5.85. The summed E-state index contributed by atoms with van der Waals surface area (Å²) in [6.07, 6.45) is 1.92. The fourth-order valence-corrected chi connectivity index (χ4v) is 2.88. The number of rotatable bonds is 3. The zero-order chi connectivity index (χ0) is 15.5. The maximum Gasteiger partial charge on any atom is 0.154 e. The molecule has 1 heterocycles. The number of hydrogen-bond acceptors (Lipinski definition) is 3. The Bertz CT molecular complexity index is 735. The minimum absolute atomic E-state index is 0.0148. The molecule has 1 atom stereocenters. The fraction of sp³-hybridized carbons (Fsp3) is 0.0500. The molecule has 0 bridgehead atoms. The first-order valence-electron chi connectivity index (χ1n) is 7.70. The van der Waals surface area contributed by atoms with E-state index in [9.17, 15) is 0 Å². The molecule has 1 unspecified atom stereocenters. The van der Waals surface area contributed by atoms with Crippen LogP contribution in [0, 0.1) is 0 Å². The second-order valence-corrected chi connectivity index (χ2v) is 5.44. The third-order valence-electron chi connectivity index (χ3n) is 3.97. The maximum atomic E-state index is 4.66. The van der Waals surface area contributed by atoms with Gasteiger partial charge in [0.05, 0.1) is 5.69 Å². The van der Waals surface area contributed by atoms with Crippen molar-refractivity contribution in [3.8, 4) is 0 Å². The molecule has 3 heteroatoms. The molecule has 1 aliphatic rings. The monoisotopic (exact) mass is 299 g/mol. The zero-order valence-electron chi connectivity index (χ0n) is 12.7. The normalized spacial score (nSPS) is 16.8. The van der Waals surface area contributed by atoms with Gasteiger partial charge in [-0.1, -0.05) is 66.7 Å². The molecule has 0 amide bonds. The molecule has 0 spiro atoms. The van der Waals surface area contributed by atoms with E-state index >= 15 is 0 Å². The van der Waals surface area contributed by atoms with Crippen molar-refractivity contribution in [3.05, 3.63) is 96.6 Å². The number of hydrazone groups is 1. The highest BCUT2D eigenvalue weighted by Gasteiger charge is 2.31. The lowest BCUT2D eigenvalue weighted by Gasteiger charge is -2.31. The number of nitrogens with zero attached hydrogens (tertiary/aromatic N) is 3. The summed E-state index contributed by atoms with van der Waals surface area (Å²) in [5, 5.41) is 6.71. The SMILES string of the molecule is C1=NN(c2ccccc2)C(c2ccccc2)N1c1ccccc1. The van der Waals surface area contributed by atoms with Gasteiger partial charge in [0.15, 0.2) is 6.17 Å². The minimum atomic E-state index is 0.0148. The Morgan fingerprint density at radius 2 is 1.13 bits per heavy atom. The van der Waals surface area contributed by atoms with E-state index in [2.05, 4.69) is 75.7 Å². The van der Waals surface area contributed by atoms with Crippen molar-refractivity contribution in [3.63, 3.8) is 0 Å². The summed E-state index contributed by atoms with van der Waals surface area (Å²) in [7, 11) is 0. The predicted octanol–water partition coefficient (Wildman–Crippen LogP) is 4.66. The largest absolute Gasteiger partial charge is 0.304 e. The highest BCUT2D eigenvalue weighted by atomic mass is 15.6. The first kappa shape index (κ1) is 13.6. The Morgan fingerprint density at radius 3 is 1.74 bits per heavy atom. The molecule has 112 valence electrons. The number of anilines is 2. The second kappa shape index (κ2) is 5.97. The molecule has 0 saturated heterocycles. The van der Waals surface area contributed by atoms with Crippen LogP contribution in [0.25, 0.3) is 0 Å². The lowest BCUT2D eigenvalue weighted by atomic mass is 10.1. The summed E-state index contributed by atoms with van der Waals surface area (Å²) in [5.41, 5.74) is 3.41. The van der Waals surface area contributed by atoms with Crippen molar-refractivity contribution in [2.24, 2.45) is 5.10 Å². The molecule has 3 aromatic carbocycles. The Hall–Kier alpha value is -3.07. The van der Waals surface area contributed by atoms with Gasteiger partial charge in [0.25, 0.3) is 0 Å². The molecule has 3 aromatic rings. The summed E-state index contributed by atoms with van der Waals surface area (Å²) >= 11 is 0. The molecule has 1 aliphatic heterocycles. The van der Waals surface area contributed by atoms with Crippen molar-refractivity contribution in [1.82, 2.24) is 0 Å². The Balaban J connectivity index is 1.78. The van der Waals surface area contributed by atoms with Gasteiger partial charge >= 0.3 is 0 Å². The van der Waals surface area contributed by atoms with Gasteiger partial charge in [0.2, 0.25) is 0 Å². The van der Waals surface area contributed by atoms with Crippen LogP contribution in [-0.4, -0.2) is 6.34 Å². The van der Waals surface area contributed by atoms with E-state index in [0.717, 1.165) is 11.4 Å². The van der Waals surface area contributed by atoms with Gasteiger partial charge in [-0.15, -0.1) is 0 Å². The summed E-state index contributed by atoms with van der Waals surface area (Å²) in [5.74, 6) is 0. The van der Waals surface area contributed by atoms with E-state index in [1.807, 2.05) is 36.7 Å². The first-order chi connectivity index (χ1) is 11.4. The highest BCUT2D eigenvalue weighted by Crippen LogP contribution is 2.36. The Morgan fingerprint density at radius 1 is 0.609 bits per heavy atom. The lowest BCUT2D eigenvalue weighted by Crippen LogP contribution is -2.31. The van der Waals surface area contributed by atoms with Crippen molar-refractivity contribution >= 4 is 17.7 Å². The summed E-state index contributed by atoms with van der Waals surface area (Å²) in [6, 6.07) is 31.1. The van der Waals surface area contributed by atoms with Gasteiger partial charge < -0.3 is 4.90 Å². The van der Waals surface area contributed by atoms with Crippen LogP contribution in [0.3, 0.4) is 0 Å². The molecule has 0 aromatic heterocycles. The van der Waals surface area contributed by atoms with Crippen LogP contribution in [0.5, 0.6) is 0 Å². The molecule has 3 nitrogen and oxygen atoms in total. The van der Waals surface area contributed by atoms with Gasteiger partial charge in [-0.2, -0.15) is 5.10 Å². The molecular formula is C20H17N3. The van der Waals surface area contributed by atoms with Gasteiger partial charge in [-0.05, 0) is 29.8 Å².